The number of aromatic nitrogens is 3. The molecule has 0 atom stereocenters. The minimum absolute atomic E-state index is 0.665. The van der Waals surface area contributed by atoms with E-state index in [9.17, 15) is 5.26 Å². The van der Waals surface area contributed by atoms with Crippen LogP contribution in [0.3, 0.4) is 0 Å². The molecule has 0 saturated carbocycles. The van der Waals surface area contributed by atoms with Crippen molar-refractivity contribution in [2.45, 2.75) is 6.54 Å². The number of rotatable bonds is 4. The molecule has 2 aromatic heterocycles. The zero-order valence-electron chi connectivity index (χ0n) is 16.2. The lowest BCUT2D eigenvalue weighted by Gasteiger charge is -2.10. The van der Waals surface area contributed by atoms with Crippen molar-refractivity contribution in [2.24, 2.45) is 0 Å². The van der Waals surface area contributed by atoms with Crippen molar-refractivity contribution in [3.05, 3.63) is 108 Å². The molecule has 0 unspecified atom stereocenters. The predicted octanol–water partition coefficient (Wildman–Crippen LogP) is 5.69. The number of nitriles is 1. The summed E-state index contributed by atoms with van der Waals surface area (Å²) in [5.74, 6) is 0.906. The van der Waals surface area contributed by atoms with Crippen LogP contribution < -0.4 is 0 Å². The van der Waals surface area contributed by atoms with Crippen LogP contribution in [0.2, 0.25) is 0 Å². The van der Waals surface area contributed by atoms with E-state index in [0.717, 1.165) is 39.2 Å². The van der Waals surface area contributed by atoms with Crippen LogP contribution >= 0.6 is 0 Å². The molecule has 142 valence electrons. The van der Waals surface area contributed by atoms with Crippen molar-refractivity contribution in [3.8, 4) is 28.6 Å². The summed E-state index contributed by atoms with van der Waals surface area (Å²) >= 11 is 0. The van der Waals surface area contributed by atoms with Crippen LogP contribution in [0.4, 0.5) is 0 Å². The molecule has 3 aromatic carbocycles. The fourth-order valence-electron chi connectivity index (χ4n) is 3.72. The van der Waals surface area contributed by atoms with Crippen molar-refractivity contribution in [2.75, 3.05) is 0 Å². The Hall–Kier alpha value is -4.23. The van der Waals surface area contributed by atoms with Crippen LogP contribution in [0.15, 0.2) is 97.2 Å². The molecule has 0 aliphatic carbocycles. The minimum Gasteiger partial charge on any atom is -0.304 e. The number of imidazole rings is 1. The molecule has 0 aliphatic heterocycles. The molecule has 0 fully saturated rings. The minimum atomic E-state index is 0.665. The van der Waals surface area contributed by atoms with Gasteiger partial charge in [-0.2, -0.15) is 5.26 Å². The van der Waals surface area contributed by atoms with E-state index in [2.05, 4.69) is 52.0 Å². The Bertz CT molecular complexity index is 1360. The maximum absolute atomic E-state index is 9.38. The lowest BCUT2D eigenvalue weighted by molar-refractivity contribution is 0.824. The summed E-state index contributed by atoms with van der Waals surface area (Å²) in [5.41, 5.74) is 6.64. The lowest BCUT2D eigenvalue weighted by Crippen LogP contribution is -2.03. The summed E-state index contributed by atoms with van der Waals surface area (Å²) in [6.45, 7) is 0.665. The van der Waals surface area contributed by atoms with Crippen molar-refractivity contribution >= 4 is 11.2 Å². The monoisotopic (exact) mass is 386 g/mol. The molecule has 0 N–H and O–H groups in total. The Morgan fingerprint density at radius 3 is 2.33 bits per heavy atom. The number of hydrogen-bond acceptors (Lipinski definition) is 3. The van der Waals surface area contributed by atoms with Crippen molar-refractivity contribution in [1.29, 1.82) is 5.26 Å². The topological polar surface area (TPSA) is 54.5 Å². The Kier molecular flexibility index (Phi) is 4.55. The number of pyridine rings is 1. The second-order valence-electron chi connectivity index (χ2n) is 7.09. The highest BCUT2D eigenvalue weighted by Crippen LogP contribution is 2.27. The molecule has 0 bridgehead atoms. The van der Waals surface area contributed by atoms with Crippen LogP contribution in [0.1, 0.15) is 11.1 Å². The highest BCUT2D eigenvalue weighted by atomic mass is 15.1. The number of hydrogen-bond donors (Lipinski definition) is 0. The SMILES string of the molecule is N#Cc1ccccc1-c1ccc(Cn2c(-c3ccccc3)nc3cccnc32)cc1. The molecule has 2 heterocycles. The van der Waals surface area contributed by atoms with E-state index in [0.29, 0.717) is 12.1 Å². The van der Waals surface area contributed by atoms with Gasteiger partial charge in [0.05, 0.1) is 18.2 Å². The van der Waals surface area contributed by atoms with Gasteiger partial charge < -0.3 is 4.57 Å². The van der Waals surface area contributed by atoms with Crippen LogP contribution in [0.25, 0.3) is 33.7 Å². The van der Waals surface area contributed by atoms with Gasteiger partial charge in [-0.15, -0.1) is 0 Å². The Balaban J connectivity index is 1.54. The molecule has 0 spiro atoms. The third-order valence-electron chi connectivity index (χ3n) is 5.19. The number of fused-ring (bicyclic) bond motifs is 1. The van der Waals surface area contributed by atoms with Crippen molar-refractivity contribution in [3.63, 3.8) is 0 Å². The van der Waals surface area contributed by atoms with Crippen molar-refractivity contribution in [1.82, 2.24) is 14.5 Å². The third kappa shape index (κ3) is 3.23. The van der Waals surface area contributed by atoms with Gasteiger partial charge in [0.2, 0.25) is 0 Å². The first kappa shape index (κ1) is 17.8. The maximum Gasteiger partial charge on any atom is 0.160 e. The Labute approximate surface area is 174 Å². The van der Waals surface area contributed by atoms with Gasteiger partial charge in [-0.25, -0.2) is 9.97 Å². The quantitative estimate of drug-likeness (QED) is 0.399. The fourth-order valence-corrected chi connectivity index (χ4v) is 3.72. The molecule has 4 heteroatoms. The van der Waals surface area contributed by atoms with Crippen LogP contribution in [0, 0.1) is 11.3 Å². The third-order valence-corrected chi connectivity index (χ3v) is 5.19. The van der Waals surface area contributed by atoms with Crippen LogP contribution in [0.5, 0.6) is 0 Å². The molecule has 30 heavy (non-hydrogen) atoms. The highest BCUT2D eigenvalue weighted by Gasteiger charge is 2.14. The smallest absolute Gasteiger partial charge is 0.160 e. The summed E-state index contributed by atoms with van der Waals surface area (Å²) < 4.78 is 2.16. The summed E-state index contributed by atoms with van der Waals surface area (Å²) in [7, 11) is 0. The lowest BCUT2D eigenvalue weighted by atomic mass is 9.99. The second kappa shape index (κ2) is 7.65. The van der Waals surface area contributed by atoms with E-state index >= 15 is 0 Å². The van der Waals surface area contributed by atoms with Crippen LogP contribution in [-0.2, 0) is 6.54 Å². The number of nitrogens with zero attached hydrogens (tertiary/aromatic N) is 4. The number of benzene rings is 3. The first-order valence-corrected chi connectivity index (χ1v) is 9.78. The zero-order chi connectivity index (χ0) is 20.3. The van der Waals surface area contributed by atoms with Gasteiger partial charge >= 0.3 is 0 Å². The molecule has 0 radical (unpaired) electrons. The summed E-state index contributed by atoms with van der Waals surface area (Å²) in [6, 6.07) is 32.4. The first-order chi connectivity index (χ1) is 14.8. The van der Waals surface area contributed by atoms with Gasteiger partial charge in [-0.3, -0.25) is 0 Å². The molecule has 0 saturated heterocycles. The largest absolute Gasteiger partial charge is 0.304 e. The van der Waals surface area contributed by atoms with Gasteiger partial charge in [-0.1, -0.05) is 72.8 Å². The molecule has 5 rings (SSSR count). The molecule has 4 nitrogen and oxygen atoms in total. The van der Waals surface area contributed by atoms with Gasteiger partial charge in [0.1, 0.15) is 11.3 Å². The van der Waals surface area contributed by atoms with Gasteiger partial charge in [0.25, 0.3) is 0 Å². The molecular weight excluding hydrogens is 368 g/mol. The van der Waals surface area contributed by atoms with E-state index in [1.165, 1.54) is 0 Å². The first-order valence-electron chi connectivity index (χ1n) is 9.78. The summed E-state index contributed by atoms with van der Waals surface area (Å²) in [5, 5.41) is 9.38. The summed E-state index contributed by atoms with van der Waals surface area (Å²) in [4.78, 5) is 9.41. The molecule has 0 amide bonds. The van der Waals surface area contributed by atoms with E-state index in [4.69, 9.17) is 4.98 Å². The highest BCUT2D eigenvalue weighted by molar-refractivity contribution is 5.77. The molecule has 0 aliphatic rings. The maximum atomic E-state index is 9.38. The molecule has 5 aromatic rings. The van der Waals surface area contributed by atoms with Crippen molar-refractivity contribution < 1.29 is 0 Å². The predicted molar refractivity (Wildman–Crippen MR) is 119 cm³/mol. The summed E-state index contributed by atoms with van der Waals surface area (Å²) in [6.07, 6.45) is 1.80. The zero-order valence-corrected chi connectivity index (χ0v) is 16.2. The second-order valence-corrected chi connectivity index (χ2v) is 7.09. The van der Waals surface area contributed by atoms with Crippen LogP contribution in [-0.4, -0.2) is 14.5 Å². The molecular formula is C26H18N4. The van der Waals surface area contributed by atoms with Gasteiger partial charge in [-0.05, 0) is 34.9 Å². The Morgan fingerprint density at radius 2 is 1.53 bits per heavy atom. The van der Waals surface area contributed by atoms with E-state index in [-0.39, 0.29) is 0 Å². The van der Waals surface area contributed by atoms with E-state index < -0.39 is 0 Å². The van der Waals surface area contributed by atoms with Gasteiger partial charge in [0, 0.05) is 11.8 Å². The van der Waals surface area contributed by atoms with E-state index in [1.807, 2.05) is 54.6 Å². The average molecular weight is 386 g/mol. The normalized spacial score (nSPS) is 10.8. The van der Waals surface area contributed by atoms with E-state index in [1.54, 1.807) is 6.20 Å². The fraction of sp³-hybridized carbons (Fsp3) is 0.0385. The Morgan fingerprint density at radius 1 is 0.767 bits per heavy atom. The standard InChI is InChI=1S/C26H18N4/c27-17-22-9-4-5-10-23(22)20-14-12-19(13-15-20)18-30-25(21-7-2-1-3-8-21)29-24-11-6-16-28-26(24)30/h1-16H,18H2. The van der Waals surface area contributed by atoms with Gasteiger partial charge in [0.15, 0.2) is 5.65 Å². The average Bonchev–Trinajstić information content (AvgIpc) is 3.18.